The van der Waals surface area contributed by atoms with Gasteiger partial charge in [0.2, 0.25) is 5.91 Å². The quantitative estimate of drug-likeness (QED) is 0.687. The molecule has 1 heterocycles. The Kier molecular flexibility index (Phi) is 4.42. The molecule has 1 aliphatic heterocycles. The van der Waals surface area contributed by atoms with E-state index in [2.05, 4.69) is 26.6 Å². The molecule has 0 aromatic heterocycles. The fraction of sp³-hybridized carbons (Fsp3) is 0.318. The summed E-state index contributed by atoms with van der Waals surface area (Å²) in [6.07, 6.45) is 1.71. The van der Waals surface area contributed by atoms with Crippen LogP contribution in [0.1, 0.15) is 23.2 Å². The molecule has 2 aliphatic carbocycles. The molecule has 2 bridgehead atoms. The van der Waals surface area contributed by atoms with Crippen molar-refractivity contribution < 1.29 is 19.1 Å². The summed E-state index contributed by atoms with van der Waals surface area (Å²) in [5.74, 6) is -0.767. The molecule has 2 aromatic rings. The molecular weight excluding hydrogens is 436 g/mol. The van der Waals surface area contributed by atoms with Crippen molar-refractivity contribution in [2.45, 2.75) is 18.9 Å². The van der Waals surface area contributed by atoms with Crippen molar-refractivity contribution in [2.75, 3.05) is 10.6 Å². The van der Waals surface area contributed by atoms with E-state index in [1.165, 1.54) is 0 Å². The van der Waals surface area contributed by atoms with Crippen LogP contribution in [0, 0.1) is 23.7 Å². The lowest BCUT2D eigenvalue weighted by atomic mass is 9.79. The first-order chi connectivity index (χ1) is 14.0. The van der Waals surface area contributed by atoms with Gasteiger partial charge in [0.1, 0.15) is 6.10 Å². The smallest absolute Gasteiger partial charge is 0.310 e. The predicted molar refractivity (Wildman–Crippen MR) is 110 cm³/mol. The second kappa shape index (κ2) is 6.99. The predicted octanol–water partition coefficient (Wildman–Crippen LogP) is 3.84. The molecule has 5 rings (SSSR count). The zero-order chi connectivity index (χ0) is 20.1. The number of esters is 1. The van der Waals surface area contributed by atoms with Crippen molar-refractivity contribution >= 4 is 45.1 Å². The maximum Gasteiger partial charge on any atom is 0.310 e. The highest BCUT2D eigenvalue weighted by Gasteiger charge is 2.63. The van der Waals surface area contributed by atoms with E-state index in [0.29, 0.717) is 16.9 Å². The largest absolute Gasteiger partial charge is 0.462 e. The highest BCUT2D eigenvalue weighted by Crippen LogP contribution is 2.57. The number of benzene rings is 2. The van der Waals surface area contributed by atoms with E-state index in [9.17, 15) is 14.4 Å². The highest BCUT2D eigenvalue weighted by atomic mass is 79.9. The number of amides is 2. The Labute approximate surface area is 176 Å². The van der Waals surface area contributed by atoms with E-state index in [-0.39, 0.29) is 47.6 Å². The van der Waals surface area contributed by atoms with Gasteiger partial charge in [-0.15, -0.1) is 0 Å². The Morgan fingerprint density at radius 1 is 0.931 bits per heavy atom. The van der Waals surface area contributed by atoms with Gasteiger partial charge in [0.05, 0.1) is 11.8 Å². The summed E-state index contributed by atoms with van der Waals surface area (Å²) in [6, 6.07) is 14.1. The van der Waals surface area contributed by atoms with E-state index in [1.807, 2.05) is 24.3 Å². The minimum absolute atomic E-state index is 0.0186. The summed E-state index contributed by atoms with van der Waals surface area (Å²) in [6.45, 7) is 0. The Bertz CT molecular complexity index is 987. The van der Waals surface area contributed by atoms with Crippen LogP contribution < -0.4 is 10.6 Å². The molecule has 0 radical (unpaired) electrons. The van der Waals surface area contributed by atoms with E-state index in [1.54, 1.807) is 24.3 Å². The lowest BCUT2D eigenvalue weighted by molar-refractivity contribution is -0.145. The Morgan fingerprint density at radius 3 is 2.31 bits per heavy atom. The first-order valence-corrected chi connectivity index (χ1v) is 10.5. The molecule has 7 heteroatoms. The van der Waals surface area contributed by atoms with Gasteiger partial charge in [0, 0.05) is 27.3 Å². The average Bonchev–Trinajstić information content (AvgIpc) is 3.33. The van der Waals surface area contributed by atoms with Gasteiger partial charge in [-0.25, -0.2) is 0 Å². The van der Waals surface area contributed by atoms with Gasteiger partial charge in [-0.05, 0) is 67.3 Å². The van der Waals surface area contributed by atoms with Gasteiger partial charge in [-0.1, -0.05) is 15.9 Å². The first kappa shape index (κ1) is 18.4. The summed E-state index contributed by atoms with van der Waals surface area (Å²) in [7, 11) is 0. The number of hydrogen-bond donors (Lipinski definition) is 2. The lowest BCUT2D eigenvalue weighted by Gasteiger charge is -2.23. The van der Waals surface area contributed by atoms with Gasteiger partial charge in [0.25, 0.3) is 5.91 Å². The van der Waals surface area contributed by atoms with E-state index in [4.69, 9.17) is 4.74 Å². The minimum Gasteiger partial charge on any atom is -0.462 e. The number of rotatable bonds is 4. The molecule has 6 nitrogen and oxygen atoms in total. The zero-order valence-corrected chi connectivity index (χ0v) is 17.0. The van der Waals surface area contributed by atoms with Gasteiger partial charge in [-0.2, -0.15) is 0 Å². The number of anilines is 2. The maximum absolute atomic E-state index is 12.8. The molecule has 2 amide bonds. The van der Waals surface area contributed by atoms with Crippen LogP contribution in [0.5, 0.6) is 0 Å². The maximum atomic E-state index is 12.8. The summed E-state index contributed by atoms with van der Waals surface area (Å²) >= 11 is 3.36. The van der Waals surface area contributed by atoms with E-state index in [0.717, 1.165) is 17.3 Å². The van der Waals surface area contributed by atoms with Crippen LogP contribution in [0.4, 0.5) is 11.4 Å². The number of carbonyl (C=O) groups excluding carboxylic acids is 3. The number of halogens is 1. The third-order valence-electron chi connectivity index (χ3n) is 6.30. The Balaban J connectivity index is 1.24. The van der Waals surface area contributed by atoms with Gasteiger partial charge >= 0.3 is 5.97 Å². The molecule has 1 saturated heterocycles. The molecule has 5 atom stereocenters. The topological polar surface area (TPSA) is 84.5 Å². The van der Waals surface area contributed by atoms with Crippen LogP contribution >= 0.6 is 15.9 Å². The number of nitrogens with one attached hydrogen (secondary N) is 2. The van der Waals surface area contributed by atoms with E-state index < -0.39 is 0 Å². The zero-order valence-electron chi connectivity index (χ0n) is 15.4. The van der Waals surface area contributed by atoms with Crippen molar-refractivity contribution in [2.24, 2.45) is 23.7 Å². The number of ether oxygens (including phenoxy) is 1. The summed E-state index contributed by atoms with van der Waals surface area (Å²) in [5.41, 5.74) is 1.81. The standard InChI is InChI=1S/C22H19BrN2O4/c23-13-3-7-15(8-4-13)24-20(26)11-1-5-14(6-2-11)25-21(27)18-12-9-16-17(10-12)29-22(28)19(16)18/h1-8,12,16-19H,9-10H2,(H,24,26)(H,25,27)/t12-,16+,17+,18-,19-/m1/s1. The van der Waals surface area contributed by atoms with Gasteiger partial charge < -0.3 is 15.4 Å². The van der Waals surface area contributed by atoms with Crippen molar-refractivity contribution in [3.63, 3.8) is 0 Å². The van der Waals surface area contributed by atoms with Crippen LogP contribution in [-0.2, 0) is 14.3 Å². The van der Waals surface area contributed by atoms with Gasteiger partial charge in [-0.3, -0.25) is 14.4 Å². The third kappa shape index (κ3) is 3.23. The molecule has 3 aliphatic rings. The molecular formula is C22H19BrN2O4. The van der Waals surface area contributed by atoms with Crippen molar-refractivity contribution in [3.05, 3.63) is 58.6 Å². The molecule has 2 N–H and O–H groups in total. The SMILES string of the molecule is O=C(Nc1ccc(Br)cc1)c1ccc(NC(=O)[C@@H]2[C@@H]3C[C@@H]4[C@H]2C(=O)O[C@H]4C3)cc1. The number of carbonyl (C=O) groups is 3. The number of hydrogen-bond acceptors (Lipinski definition) is 4. The molecule has 29 heavy (non-hydrogen) atoms. The van der Waals surface area contributed by atoms with Gasteiger partial charge in [0.15, 0.2) is 0 Å². The van der Waals surface area contributed by atoms with Crippen LogP contribution in [0.3, 0.4) is 0 Å². The van der Waals surface area contributed by atoms with Crippen LogP contribution in [-0.4, -0.2) is 23.9 Å². The fourth-order valence-electron chi connectivity index (χ4n) is 5.03. The van der Waals surface area contributed by atoms with Crippen molar-refractivity contribution in [3.8, 4) is 0 Å². The summed E-state index contributed by atoms with van der Waals surface area (Å²) < 4.78 is 6.34. The molecule has 148 valence electrons. The monoisotopic (exact) mass is 454 g/mol. The second-order valence-electron chi connectivity index (χ2n) is 7.95. The highest BCUT2D eigenvalue weighted by molar-refractivity contribution is 9.10. The van der Waals surface area contributed by atoms with Crippen molar-refractivity contribution in [1.29, 1.82) is 0 Å². The minimum atomic E-state index is -0.313. The van der Waals surface area contributed by atoms with E-state index >= 15 is 0 Å². The Hall–Kier alpha value is -2.67. The molecule has 2 saturated carbocycles. The Morgan fingerprint density at radius 2 is 1.59 bits per heavy atom. The van der Waals surface area contributed by atoms with Crippen molar-refractivity contribution in [1.82, 2.24) is 0 Å². The molecule has 0 unspecified atom stereocenters. The van der Waals surface area contributed by atoms with Crippen LogP contribution in [0.15, 0.2) is 53.0 Å². The first-order valence-electron chi connectivity index (χ1n) is 9.68. The lowest BCUT2D eigenvalue weighted by Crippen LogP contribution is -2.35. The molecule has 2 aromatic carbocycles. The number of fused-ring (bicyclic) bond motifs is 1. The molecule has 3 fully saturated rings. The second-order valence-corrected chi connectivity index (χ2v) is 8.87. The average molecular weight is 455 g/mol. The normalized spacial score (nSPS) is 28.9. The van der Waals surface area contributed by atoms with Crippen LogP contribution in [0.2, 0.25) is 0 Å². The van der Waals surface area contributed by atoms with Crippen LogP contribution in [0.25, 0.3) is 0 Å². The fourth-order valence-corrected chi connectivity index (χ4v) is 5.29. The third-order valence-corrected chi connectivity index (χ3v) is 6.83. The summed E-state index contributed by atoms with van der Waals surface area (Å²) in [5, 5.41) is 5.74. The molecule has 0 spiro atoms. The summed E-state index contributed by atoms with van der Waals surface area (Å²) in [4.78, 5) is 37.3.